The van der Waals surface area contributed by atoms with Gasteiger partial charge in [-0.1, -0.05) is 20.3 Å². The summed E-state index contributed by atoms with van der Waals surface area (Å²) in [4.78, 5) is 24.7. The molecule has 0 fully saturated rings. The number of rotatable bonds is 9. The second-order valence-corrected chi connectivity index (χ2v) is 4.55. The lowest BCUT2D eigenvalue weighted by molar-refractivity contribution is -0.144. The van der Waals surface area contributed by atoms with Gasteiger partial charge in [-0.25, -0.2) is 0 Å². The van der Waals surface area contributed by atoms with Crippen LogP contribution in [0.4, 0.5) is 0 Å². The minimum absolute atomic E-state index is 0.101. The van der Waals surface area contributed by atoms with Crippen LogP contribution in [-0.2, 0) is 14.3 Å². The fraction of sp³-hybridized carbons (Fsp3) is 0.846. The normalized spacial score (nSPS) is 12.5. The van der Waals surface area contributed by atoms with Gasteiger partial charge < -0.3 is 4.74 Å². The average molecular weight is 243 g/mol. The van der Waals surface area contributed by atoms with Crippen LogP contribution >= 0.6 is 0 Å². The number of likely N-dealkylation sites (N-methyl/N-ethyl adjacent to an activating group) is 1. The van der Waals surface area contributed by atoms with Crippen LogP contribution < -0.4 is 0 Å². The van der Waals surface area contributed by atoms with E-state index in [2.05, 4.69) is 13.8 Å². The summed E-state index contributed by atoms with van der Waals surface area (Å²) in [5.41, 5.74) is 0. The molecule has 4 nitrogen and oxygen atoms in total. The van der Waals surface area contributed by atoms with Gasteiger partial charge >= 0.3 is 5.97 Å². The molecule has 0 radical (unpaired) electrons. The summed E-state index contributed by atoms with van der Waals surface area (Å²) in [5.74, 6) is 0.409. The van der Waals surface area contributed by atoms with E-state index in [1.807, 2.05) is 11.9 Å². The Labute approximate surface area is 104 Å². The molecule has 0 aromatic rings. The third kappa shape index (κ3) is 8.86. The molecule has 0 aliphatic rings. The summed E-state index contributed by atoms with van der Waals surface area (Å²) in [6.45, 7) is 7.78. The molecule has 0 saturated heterocycles. The molecule has 0 aliphatic heterocycles. The molecule has 0 aliphatic carbocycles. The van der Waals surface area contributed by atoms with Gasteiger partial charge in [-0.2, -0.15) is 0 Å². The van der Waals surface area contributed by atoms with Crippen molar-refractivity contribution in [3.05, 3.63) is 0 Å². The third-order valence-corrected chi connectivity index (χ3v) is 2.68. The Kier molecular flexibility index (Phi) is 8.68. The Morgan fingerprint density at radius 2 is 1.88 bits per heavy atom. The van der Waals surface area contributed by atoms with Crippen molar-refractivity contribution in [1.29, 1.82) is 0 Å². The van der Waals surface area contributed by atoms with Crippen molar-refractivity contribution in [2.45, 2.75) is 40.0 Å². The van der Waals surface area contributed by atoms with E-state index in [4.69, 9.17) is 4.74 Å². The van der Waals surface area contributed by atoms with Gasteiger partial charge in [0, 0.05) is 13.0 Å². The van der Waals surface area contributed by atoms with Crippen molar-refractivity contribution in [1.82, 2.24) is 4.90 Å². The summed E-state index contributed by atoms with van der Waals surface area (Å²) in [7, 11) is 1.94. The van der Waals surface area contributed by atoms with E-state index >= 15 is 0 Å². The van der Waals surface area contributed by atoms with Crippen molar-refractivity contribution in [3.63, 3.8) is 0 Å². The first-order valence-electron chi connectivity index (χ1n) is 6.35. The second kappa shape index (κ2) is 9.16. The van der Waals surface area contributed by atoms with Crippen LogP contribution in [0.25, 0.3) is 0 Å². The quantitative estimate of drug-likeness (QED) is 0.580. The molecule has 4 heteroatoms. The van der Waals surface area contributed by atoms with Crippen LogP contribution in [0.1, 0.15) is 40.0 Å². The van der Waals surface area contributed by atoms with Gasteiger partial charge in [-0.05, 0) is 19.9 Å². The Morgan fingerprint density at radius 3 is 2.41 bits per heavy atom. The smallest absolute Gasteiger partial charge is 0.306 e. The number of Topliss-reactive ketones (excluding diaryl/α,β-unsaturated/α-hetero) is 1. The van der Waals surface area contributed by atoms with E-state index in [0.717, 1.165) is 13.0 Å². The highest BCUT2D eigenvalue weighted by Gasteiger charge is 2.11. The Hall–Kier alpha value is -0.900. The van der Waals surface area contributed by atoms with Crippen molar-refractivity contribution >= 4 is 11.8 Å². The molecular weight excluding hydrogens is 218 g/mol. The van der Waals surface area contributed by atoms with Crippen LogP contribution in [0.5, 0.6) is 0 Å². The zero-order valence-electron chi connectivity index (χ0n) is 11.5. The standard InChI is InChI=1S/C13H25NO3/c1-5-11(3)9-14(4)10-12(15)7-8-13(16)17-6-2/h11H,5-10H2,1-4H3. The number of ketones is 1. The largest absolute Gasteiger partial charge is 0.466 e. The van der Waals surface area contributed by atoms with Gasteiger partial charge in [0.15, 0.2) is 0 Å². The van der Waals surface area contributed by atoms with Crippen LogP contribution in [0.15, 0.2) is 0 Å². The molecule has 100 valence electrons. The molecular formula is C13H25NO3. The predicted octanol–water partition coefficient (Wildman–Crippen LogP) is 1.88. The third-order valence-electron chi connectivity index (χ3n) is 2.68. The summed E-state index contributed by atoms with van der Waals surface area (Å²) >= 11 is 0. The second-order valence-electron chi connectivity index (χ2n) is 4.55. The maximum absolute atomic E-state index is 11.6. The number of esters is 1. The van der Waals surface area contributed by atoms with Crippen molar-refractivity contribution < 1.29 is 14.3 Å². The number of hydrogen-bond donors (Lipinski definition) is 0. The minimum Gasteiger partial charge on any atom is -0.466 e. The number of ether oxygens (including phenoxy) is 1. The minimum atomic E-state index is -0.287. The fourth-order valence-electron chi connectivity index (χ4n) is 1.58. The summed E-state index contributed by atoms with van der Waals surface area (Å²) in [6, 6.07) is 0. The summed E-state index contributed by atoms with van der Waals surface area (Å²) < 4.78 is 4.77. The summed E-state index contributed by atoms with van der Waals surface area (Å²) in [6.07, 6.45) is 1.59. The Bertz CT molecular complexity index is 241. The molecule has 0 amide bonds. The highest BCUT2D eigenvalue weighted by molar-refractivity contribution is 5.84. The fourth-order valence-corrected chi connectivity index (χ4v) is 1.58. The molecule has 0 aromatic carbocycles. The van der Waals surface area contributed by atoms with Crippen LogP contribution in [0.3, 0.4) is 0 Å². The molecule has 0 aromatic heterocycles. The van der Waals surface area contributed by atoms with Gasteiger partial charge in [-0.15, -0.1) is 0 Å². The molecule has 1 unspecified atom stereocenters. The van der Waals surface area contributed by atoms with E-state index in [1.165, 1.54) is 0 Å². The predicted molar refractivity (Wildman–Crippen MR) is 67.8 cm³/mol. The van der Waals surface area contributed by atoms with E-state index < -0.39 is 0 Å². The SMILES string of the molecule is CCOC(=O)CCC(=O)CN(C)CC(C)CC. The van der Waals surface area contributed by atoms with Crippen molar-refractivity contribution in [2.24, 2.45) is 5.92 Å². The molecule has 1 atom stereocenters. The van der Waals surface area contributed by atoms with Gasteiger partial charge in [0.1, 0.15) is 5.78 Å². The molecule has 0 spiro atoms. The Balaban J connectivity index is 3.74. The van der Waals surface area contributed by atoms with Gasteiger partial charge in [0.2, 0.25) is 0 Å². The number of carbonyl (C=O) groups excluding carboxylic acids is 2. The molecule has 0 heterocycles. The first-order valence-corrected chi connectivity index (χ1v) is 6.35. The molecule has 0 N–H and O–H groups in total. The van der Waals surface area contributed by atoms with E-state index in [0.29, 0.717) is 19.1 Å². The van der Waals surface area contributed by atoms with Crippen LogP contribution in [0.2, 0.25) is 0 Å². The van der Waals surface area contributed by atoms with Gasteiger partial charge in [0.25, 0.3) is 0 Å². The highest BCUT2D eigenvalue weighted by atomic mass is 16.5. The van der Waals surface area contributed by atoms with Crippen LogP contribution in [0, 0.1) is 5.92 Å². The molecule has 0 rings (SSSR count). The van der Waals surface area contributed by atoms with Gasteiger partial charge in [-0.3, -0.25) is 14.5 Å². The molecule has 0 saturated carbocycles. The summed E-state index contributed by atoms with van der Waals surface area (Å²) in [5, 5.41) is 0. The average Bonchev–Trinajstić information content (AvgIpc) is 2.26. The highest BCUT2D eigenvalue weighted by Crippen LogP contribution is 2.03. The van der Waals surface area contributed by atoms with E-state index in [1.54, 1.807) is 6.92 Å². The number of carbonyl (C=O) groups is 2. The lowest BCUT2D eigenvalue weighted by atomic mass is 10.1. The first-order chi connectivity index (χ1) is 7.99. The maximum atomic E-state index is 11.6. The zero-order valence-corrected chi connectivity index (χ0v) is 11.5. The first kappa shape index (κ1) is 16.1. The molecule has 17 heavy (non-hydrogen) atoms. The maximum Gasteiger partial charge on any atom is 0.306 e. The van der Waals surface area contributed by atoms with E-state index in [9.17, 15) is 9.59 Å². The lowest BCUT2D eigenvalue weighted by Gasteiger charge is -2.19. The van der Waals surface area contributed by atoms with Gasteiger partial charge in [0.05, 0.1) is 19.6 Å². The monoisotopic (exact) mass is 243 g/mol. The van der Waals surface area contributed by atoms with Crippen LogP contribution in [-0.4, -0.2) is 43.4 Å². The van der Waals surface area contributed by atoms with Crippen molar-refractivity contribution in [3.8, 4) is 0 Å². The van der Waals surface area contributed by atoms with Crippen molar-refractivity contribution in [2.75, 3.05) is 26.7 Å². The number of hydrogen-bond acceptors (Lipinski definition) is 4. The Morgan fingerprint density at radius 1 is 1.24 bits per heavy atom. The topological polar surface area (TPSA) is 46.6 Å². The van der Waals surface area contributed by atoms with E-state index in [-0.39, 0.29) is 24.6 Å². The zero-order chi connectivity index (χ0) is 13.3. The lowest BCUT2D eigenvalue weighted by Crippen LogP contribution is -2.30. The number of nitrogens with zero attached hydrogens (tertiary/aromatic N) is 1. The molecule has 0 bridgehead atoms.